The summed E-state index contributed by atoms with van der Waals surface area (Å²) < 4.78 is 2.12. The summed E-state index contributed by atoms with van der Waals surface area (Å²) in [4.78, 5) is 4.42. The number of hydrogen-bond donors (Lipinski definition) is 1. The maximum Gasteiger partial charge on any atom is 0.135 e. The minimum Gasteiger partial charge on any atom is -0.388 e. The summed E-state index contributed by atoms with van der Waals surface area (Å²) in [7, 11) is 0. The van der Waals surface area contributed by atoms with Crippen molar-refractivity contribution in [2.45, 2.75) is 19.6 Å². The Balaban J connectivity index is 2.32. The van der Waals surface area contributed by atoms with Gasteiger partial charge >= 0.3 is 0 Å². The molecule has 0 unspecified atom stereocenters. The van der Waals surface area contributed by atoms with Crippen molar-refractivity contribution in [1.82, 2.24) is 9.55 Å². The lowest BCUT2D eigenvalue weighted by Crippen LogP contribution is -2.04. The minimum absolute atomic E-state index is 0.00788. The SMILES string of the molecule is CSCCCn1c(CO)nc2ccccc21. The topological polar surface area (TPSA) is 38.0 Å². The van der Waals surface area contributed by atoms with Gasteiger partial charge in [-0.3, -0.25) is 0 Å². The van der Waals surface area contributed by atoms with Crippen molar-refractivity contribution in [3.05, 3.63) is 30.1 Å². The maximum absolute atomic E-state index is 9.29. The number of aliphatic hydroxyl groups excluding tert-OH is 1. The molecule has 0 saturated carbocycles. The first-order valence-corrected chi connectivity index (χ1v) is 6.80. The number of nitrogens with zero attached hydrogens (tertiary/aromatic N) is 2. The third-order valence-electron chi connectivity index (χ3n) is 2.61. The van der Waals surface area contributed by atoms with Crippen molar-refractivity contribution in [3.63, 3.8) is 0 Å². The largest absolute Gasteiger partial charge is 0.388 e. The van der Waals surface area contributed by atoms with Crippen LogP contribution >= 0.6 is 11.8 Å². The van der Waals surface area contributed by atoms with Crippen LogP contribution < -0.4 is 0 Å². The molecular formula is C12H16N2OS. The molecule has 1 aromatic heterocycles. The molecule has 1 heterocycles. The molecule has 0 bridgehead atoms. The van der Waals surface area contributed by atoms with Crippen LogP contribution in [0.3, 0.4) is 0 Å². The highest BCUT2D eigenvalue weighted by atomic mass is 32.2. The van der Waals surface area contributed by atoms with Crippen LogP contribution in [0.1, 0.15) is 12.2 Å². The van der Waals surface area contributed by atoms with Gasteiger partial charge in [0.1, 0.15) is 12.4 Å². The lowest BCUT2D eigenvalue weighted by Gasteiger charge is -2.06. The van der Waals surface area contributed by atoms with E-state index >= 15 is 0 Å². The van der Waals surface area contributed by atoms with E-state index in [-0.39, 0.29) is 6.61 Å². The summed E-state index contributed by atoms with van der Waals surface area (Å²) in [5.74, 6) is 1.90. The average Bonchev–Trinajstić information content (AvgIpc) is 2.68. The third kappa shape index (κ3) is 2.23. The van der Waals surface area contributed by atoms with Crippen molar-refractivity contribution >= 4 is 22.8 Å². The van der Waals surface area contributed by atoms with Crippen molar-refractivity contribution in [1.29, 1.82) is 0 Å². The molecule has 86 valence electrons. The molecule has 0 aliphatic rings. The van der Waals surface area contributed by atoms with Crippen molar-refractivity contribution in [2.75, 3.05) is 12.0 Å². The molecule has 2 aromatic rings. The number of hydrogen-bond acceptors (Lipinski definition) is 3. The smallest absolute Gasteiger partial charge is 0.135 e. The van der Waals surface area contributed by atoms with Gasteiger partial charge in [0.15, 0.2) is 0 Å². The molecule has 1 aromatic carbocycles. The van der Waals surface area contributed by atoms with Gasteiger partial charge in [0.05, 0.1) is 11.0 Å². The second kappa shape index (κ2) is 5.37. The zero-order chi connectivity index (χ0) is 11.4. The molecule has 0 saturated heterocycles. The fraction of sp³-hybridized carbons (Fsp3) is 0.417. The molecule has 0 radical (unpaired) electrons. The standard InChI is InChI=1S/C12H16N2OS/c1-16-8-4-7-14-11-6-3-2-5-10(11)13-12(14)9-15/h2-3,5-6,15H,4,7-9H2,1H3. The number of rotatable bonds is 5. The highest BCUT2D eigenvalue weighted by Gasteiger charge is 2.08. The monoisotopic (exact) mass is 236 g/mol. The van der Waals surface area contributed by atoms with Crippen molar-refractivity contribution in [2.24, 2.45) is 0 Å². The predicted octanol–water partition coefficient (Wildman–Crippen LogP) is 2.28. The summed E-state index contributed by atoms with van der Waals surface area (Å²) >= 11 is 1.85. The van der Waals surface area contributed by atoms with Gasteiger partial charge < -0.3 is 9.67 Å². The Bertz CT molecular complexity index is 467. The Morgan fingerprint density at radius 3 is 2.94 bits per heavy atom. The maximum atomic E-state index is 9.29. The number of thioether (sulfide) groups is 1. The second-order valence-corrected chi connectivity index (χ2v) is 4.66. The Morgan fingerprint density at radius 2 is 2.19 bits per heavy atom. The van der Waals surface area contributed by atoms with Gasteiger partial charge in [-0.05, 0) is 30.6 Å². The Kier molecular flexibility index (Phi) is 3.85. The summed E-state index contributed by atoms with van der Waals surface area (Å²) in [6.07, 6.45) is 3.22. The van der Waals surface area contributed by atoms with E-state index in [1.165, 1.54) is 0 Å². The first kappa shape index (κ1) is 11.5. The van der Waals surface area contributed by atoms with Gasteiger partial charge in [0.25, 0.3) is 0 Å². The molecule has 0 amide bonds. The summed E-state index contributed by atoms with van der Waals surface area (Å²) in [6.45, 7) is 0.936. The molecule has 16 heavy (non-hydrogen) atoms. The molecule has 0 aliphatic heterocycles. The lowest BCUT2D eigenvalue weighted by molar-refractivity contribution is 0.266. The zero-order valence-electron chi connectivity index (χ0n) is 9.39. The van der Waals surface area contributed by atoms with Crippen LogP contribution in [-0.2, 0) is 13.2 Å². The number of fused-ring (bicyclic) bond motifs is 1. The number of aromatic nitrogens is 2. The summed E-state index contributed by atoms with van der Waals surface area (Å²) in [5.41, 5.74) is 2.09. The summed E-state index contributed by atoms with van der Waals surface area (Å²) in [5, 5.41) is 9.29. The van der Waals surface area contributed by atoms with Crippen LogP contribution in [0.2, 0.25) is 0 Å². The Hall–Kier alpha value is -1.00. The van der Waals surface area contributed by atoms with E-state index in [4.69, 9.17) is 0 Å². The van der Waals surface area contributed by atoms with E-state index in [1.54, 1.807) is 0 Å². The Morgan fingerprint density at radius 1 is 1.38 bits per heavy atom. The van der Waals surface area contributed by atoms with E-state index in [0.717, 1.165) is 35.6 Å². The van der Waals surface area contributed by atoms with E-state index in [9.17, 15) is 5.11 Å². The molecule has 4 heteroatoms. The predicted molar refractivity (Wildman–Crippen MR) is 68.7 cm³/mol. The van der Waals surface area contributed by atoms with E-state index < -0.39 is 0 Å². The number of imidazole rings is 1. The quantitative estimate of drug-likeness (QED) is 0.809. The molecular weight excluding hydrogens is 220 g/mol. The molecule has 2 rings (SSSR count). The van der Waals surface area contributed by atoms with Gasteiger partial charge in [-0.25, -0.2) is 4.98 Å². The van der Waals surface area contributed by atoms with Crippen LogP contribution in [-0.4, -0.2) is 26.7 Å². The first-order valence-electron chi connectivity index (χ1n) is 5.40. The molecule has 0 spiro atoms. The van der Waals surface area contributed by atoms with Gasteiger partial charge in [-0.2, -0.15) is 11.8 Å². The lowest BCUT2D eigenvalue weighted by atomic mass is 10.3. The first-order chi connectivity index (χ1) is 7.86. The zero-order valence-corrected chi connectivity index (χ0v) is 10.2. The molecule has 1 N–H and O–H groups in total. The number of aryl methyl sites for hydroxylation is 1. The summed E-state index contributed by atoms with van der Waals surface area (Å²) in [6, 6.07) is 8.03. The van der Waals surface area contributed by atoms with E-state index in [0.29, 0.717) is 0 Å². The van der Waals surface area contributed by atoms with E-state index in [2.05, 4.69) is 21.9 Å². The number of benzene rings is 1. The molecule has 0 fully saturated rings. The van der Waals surface area contributed by atoms with Crippen molar-refractivity contribution in [3.8, 4) is 0 Å². The van der Waals surface area contributed by atoms with Crippen LogP contribution in [0.25, 0.3) is 11.0 Å². The molecule has 0 aliphatic carbocycles. The molecule has 3 nitrogen and oxygen atoms in total. The van der Waals surface area contributed by atoms with Gasteiger partial charge in [-0.15, -0.1) is 0 Å². The van der Waals surface area contributed by atoms with Crippen LogP contribution in [0.4, 0.5) is 0 Å². The highest BCUT2D eigenvalue weighted by molar-refractivity contribution is 7.98. The van der Waals surface area contributed by atoms with Gasteiger partial charge in [0, 0.05) is 6.54 Å². The normalized spacial score (nSPS) is 11.1. The number of para-hydroxylation sites is 2. The highest BCUT2D eigenvalue weighted by Crippen LogP contribution is 2.16. The fourth-order valence-corrected chi connectivity index (χ4v) is 2.28. The van der Waals surface area contributed by atoms with Crippen LogP contribution in [0, 0.1) is 0 Å². The third-order valence-corrected chi connectivity index (χ3v) is 3.30. The van der Waals surface area contributed by atoms with E-state index in [1.807, 2.05) is 30.0 Å². The molecule has 0 atom stereocenters. The minimum atomic E-state index is 0.00788. The van der Waals surface area contributed by atoms with Gasteiger partial charge in [0.2, 0.25) is 0 Å². The van der Waals surface area contributed by atoms with Gasteiger partial charge in [-0.1, -0.05) is 12.1 Å². The number of aliphatic hydroxyl groups is 1. The van der Waals surface area contributed by atoms with Crippen molar-refractivity contribution < 1.29 is 5.11 Å². The van der Waals surface area contributed by atoms with Crippen LogP contribution in [0.5, 0.6) is 0 Å². The van der Waals surface area contributed by atoms with Crippen LogP contribution in [0.15, 0.2) is 24.3 Å². The second-order valence-electron chi connectivity index (χ2n) is 3.67. The average molecular weight is 236 g/mol. The fourth-order valence-electron chi connectivity index (χ4n) is 1.86. The Labute approximate surface area is 99.5 Å².